The predicted octanol–water partition coefficient (Wildman–Crippen LogP) is 3.94. The standard InChI is InChI=1S/C22H26N4O3/c27-20-10-4-1-6-17(20)14-25(15-19-9-5-13-29-19)16-22(28)24-21-11-12-23-26(21)18-7-2-3-8-18/h1,4-6,9-13,18,27H,2-3,7-8,14-16H2,(H,24,28). The molecule has 2 N–H and O–H groups in total. The third-order valence-electron chi connectivity index (χ3n) is 5.32. The normalized spacial score (nSPS) is 14.5. The number of phenols is 1. The highest BCUT2D eigenvalue weighted by Crippen LogP contribution is 2.31. The predicted molar refractivity (Wildman–Crippen MR) is 109 cm³/mol. The zero-order chi connectivity index (χ0) is 20.1. The van der Waals surface area contributed by atoms with E-state index in [0.717, 1.165) is 30.0 Å². The summed E-state index contributed by atoms with van der Waals surface area (Å²) in [7, 11) is 0. The Hall–Kier alpha value is -3.06. The summed E-state index contributed by atoms with van der Waals surface area (Å²) in [4.78, 5) is 14.7. The Morgan fingerprint density at radius 2 is 2.00 bits per heavy atom. The minimum Gasteiger partial charge on any atom is -0.508 e. The largest absolute Gasteiger partial charge is 0.508 e. The van der Waals surface area contributed by atoms with Crippen molar-refractivity contribution in [1.29, 1.82) is 0 Å². The van der Waals surface area contributed by atoms with Gasteiger partial charge in [-0.1, -0.05) is 31.0 Å². The first-order valence-corrected chi connectivity index (χ1v) is 10.0. The third-order valence-corrected chi connectivity index (χ3v) is 5.32. The maximum atomic E-state index is 12.8. The summed E-state index contributed by atoms with van der Waals surface area (Å²) >= 11 is 0. The average molecular weight is 394 g/mol. The SMILES string of the molecule is O=C(CN(Cc1ccco1)Cc1ccccc1O)Nc1ccnn1C1CCCC1. The Balaban J connectivity index is 1.44. The Morgan fingerprint density at radius 3 is 2.76 bits per heavy atom. The lowest BCUT2D eigenvalue weighted by atomic mass is 10.2. The van der Waals surface area contributed by atoms with Crippen LogP contribution < -0.4 is 5.32 Å². The summed E-state index contributed by atoms with van der Waals surface area (Å²) in [6, 6.07) is 13.1. The van der Waals surface area contributed by atoms with Gasteiger partial charge in [-0.05, 0) is 31.0 Å². The van der Waals surface area contributed by atoms with Gasteiger partial charge in [0.1, 0.15) is 17.3 Å². The Kier molecular flexibility index (Phi) is 5.95. The van der Waals surface area contributed by atoms with Gasteiger partial charge in [0.25, 0.3) is 0 Å². The number of aromatic hydroxyl groups is 1. The molecule has 0 unspecified atom stereocenters. The van der Waals surface area contributed by atoms with E-state index < -0.39 is 0 Å². The van der Waals surface area contributed by atoms with Crippen LogP contribution in [0, 0.1) is 0 Å². The molecule has 2 aromatic heterocycles. The number of aromatic nitrogens is 2. The number of anilines is 1. The molecule has 0 atom stereocenters. The first-order valence-electron chi connectivity index (χ1n) is 10.0. The number of furan rings is 1. The number of benzene rings is 1. The average Bonchev–Trinajstić information content (AvgIpc) is 3.45. The molecule has 1 aliphatic carbocycles. The van der Waals surface area contributed by atoms with E-state index in [1.807, 2.05) is 39.9 Å². The number of nitrogens with one attached hydrogen (secondary N) is 1. The van der Waals surface area contributed by atoms with E-state index in [2.05, 4.69) is 10.4 Å². The first kappa shape index (κ1) is 19.3. The monoisotopic (exact) mass is 394 g/mol. The van der Waals surface area contributed by atoms with Crippen molar-refractivity contribution >= 4 is 11.7 Å². The summed E-state index contributed by atoms with van der Waals surface area (Å²) in [5.41, 5.74) is 0.767. The number of hydrogen-bond donors (Lipinski definition) is 2. The van der Waals surface area contributed by atoms with E-state index in [1.54, 1.807) is 24.6 Å². The van der Waals surface area contributed by atoms with E-state index in [0.29, 0.717) is 19.1 Å². The highest BCUT2D eigenvalue weighted by molar-refractivity contribution is 5.91. The number of hydrogen-bond acceptors (Lipinski definition) is 5. The number of carbonyl (C=O) groups is 1. The van der Waals surface area contributed by atoms with Crippen LogP contribution in [0.4, 0.5) is 5.82 Å². The fourth-order valence-corrected chi connectivity index (χ4v) is 3.91. The number of rotatable bonds is 8. The molecular formula is C22H26N4O3. The molecule has 1 aromatic carbocycles. The van der Waals surface area contributed by atoms with Crippen molar-refractivity contribution in [3.8, 4) is 5.75 Å². The van der Waals surface area contributed by atoms with Crippen molar-refractivity contribution in [3.63, 3.8) is 0 Å². The van der Waals surface area contributed by atoms with Gasteiger partial charge in [-0.15, -0.1) is 0 Å². The molecule has 3 aromatic rings. The number of phenolic OH excluding ortho intramolecular Hbond substituents is 1. The molecular weight excluding hydrogens is 368 g/mol. The van der Waals surface area contributed by atoms with Gasteiger partial charge in [0.05, 0.1) is 31.6 Å². The van der Waals surface area contributed by atoms with Gasteiger partial charge in [-0.3, -0.25) is 9.69 Å². The summed E-state index contributed by atoms with van der Waals surface area (Å²) in [5, 5.41) is 17.5. The molecule has 29 heavy (non-hydrogen) atoms. The van der Waals surface area contributed by atoms with Crippen molar-refractivity contribution in [2.75, 3.05) is 11.9 Å². The molecule has 1 amide bonds. The molecule has 1 saturated carbocycles. The molecule has 7 heteroatoms. The van der Waals surface area contributed by atoms with Crippen molar-refractivity contribution < 1.29 is 14.3 Å². The second kappa shape index (κ2) is 8.96. The van der Waals surface area contributed by atoms with Crippen LogP contribution in [0.15, 0.2) is 59.3 Å². The number of para-hydroxylation sites is 1. The molecule has 0 spiro atoms. The van der Waals surface area contributed by atoms with Gasteiger partial charge in [0, 0.05) is 18.2 Å². The topological polar surface area (TPSA) is 83.5 Å². The Labute approximate surface area is 169 Å². The first-order chi connectivity index (χ1) is 14.2. The lowest BCUT2D eigenvalue weighted by Crippen LogP contribution is -2.33. The van der Waals surface area contributed by atoms with Crippen molar-refractivity contribution in [3.05, 3.63) is 66.2 Å². The minimum atomic E-state index is -0.119. The van der Waals surface area contributed by atoms with E-state index in [9.17, 15) is 9.90 Å². The van der Waals surface area contributed by atoms with Crippen LogP contribution in [-0.4, -0.2) is 32.2 Å². The van der Waals surface area contributed by atoms with E-state index in [4.69, 9.17) is 4.42 Å². The third kappa shape index (κ3) is 4.86. The number of nitrogens with zero attached hydrogens (tertiary/aromatic N) is 3. The molecule has 0 bridgehead atoms. The number of carbonyl (C=O) groups excluding carboxylic acids is 1. The fraction of sp³-hybridized carbons (Fsp3) is 0.364. The van der Waals surface area contributed by atoms with E-state index in [1.165, 1.54) is 12.8 Å². The molecule has 2 heterocycles. The second-order valence-electron chi connectivity index (χ2n) is 7.50. The molecule has 0 aliphatic heterocycles. The Morgan fingerprint density at radius 1 is 1.17 bits per heavy atom. The maximum absolute atomic E-state index is 12.8. The van der Waals surface area contributed by atoms with Gasteiger partial charge in [-0.25, -0.2) is 4.68 Å². The lowest BCUT2D eigenvalue weighted by molar-refractivity contribution is -0.117. The van der Waals surface area contributed by atoms with Gasteiger partial charge in [-0.2, -0.15) is 5.10 Å². The molecule has 0 saturated heterocycles. The van der Waals surface area contributed by atoms with Gasteiger partial charge in [0.15, 0.2) is 0 Å². The van der Waals surface area contributed by atoms with Gasteiger partial charge in [0.2, 0.25) is 5.91 Å². The smallest absolute Gasteiger partial charge is 0.239 e. The molecule has 4 rings (SSSR count). The molecule has 0 radical (unpaired) electrons. The van der Waals surface area contributed by atoms with Crippen LogP contribution in [0.2, 0.25) is 0 Å². The van der Waals surface area contributed by atoms with Gasteiger partial charge >= 0.3 is 0 Å². The Bertz CT molecular complexity index is 929. The van der Waals surface area contributed by atoms with Crippen LogP contribution in [0.3, 0.4) is 0 Å². The molecule has 1 aliphatic rings. The summed E-state index contributed by atoms with van der Waals surface area (Å²) < 4.78 is 7.39. The van der Waals surface area contributed by atoms with Crippen LogP contribution >= 0.6 is 0 Å². The molecule has 7 nitrogen and oxygen atoms in total. The summed E-state index contributed by atoms with van der Waals surface area (Å²) in [6.45, 7) is 1.07. The zero-order valence-electron chi connectivity index (χ0n) is 16.3. The summed E-state index contributed by atoms with van der Waals surface area (Å²) in [6.07, 6.45) is 7.96. The van der Waals surface area contributed by atoms with Crippen LogP contribution in [0.5, 0.6) is 5.75 Å². The maximum Gasteiger partial charge on any atom is 0.239 e. The highest BCUT2D eigenvalue weighted by atomic mass is 16.3. The summed E-state index contributed by atoms with van der Waals surface area (Å²) in [5.74, 6) is 1.61. The van der Waals surface area contributed by atoms with Crippen molar-refractivity contribution in [2.24, 2.45) is 0 Å². The molecule has 1 fully saturated rings. The minimum absolute atomic E-state index is 0.119. The van der Waals surface area contributed by atoms with Crippen LogP contribution in [0.1, 0.15) is 43.0 Å². The zero-order valence-corrected chi connectivity index (χ0v) is 16.3. The van der Waals surface area contributed by atoms with Crippen LogP contribution in [0.25, 0.3) is 0 Å². The van der Waals surface area contributed by atoms with Crippen molar-refractivity contribution in [1.82, 2.24) is 14.7 Å². The van der Waals surface area contributed by atoms with Gasteiger partial charge < -0.3 is 14.8 Å². The van der Waals surface area contributed by atoms with Crippen molar-refractivity contribution in [2.45, 2.75) is 44.8 Å². The van der Waals surface area contributed by atoms with Crippen LogP contribution in [-0.2, 0) is 17.9 Å². The second-order valence-corrected chi connectivity index (χ2v) is 7.50. The fourth-order valence-electron chi connectivity index (χ4n) is 3.91. The lowest BCUT2D eigenvalue weighted by Gasteiger charge is -2.22. The molecule has 152 valence electrons. The quantitative estimate of drug-likeness (QED) is 0.605. The number of amides is 1. The highest BCUT2D eigenvalue weighted by Gasteiger charge is 2.21. The van der Waals surface area contributed by atoms with E-state index in [-0.39, 0.29) is 18.2 Å². The van der Waals surface area contributed by atoms with E-state index >= 15 is 0 Å².